The van der Waals surface area contributed by atoms with Crippen molar-refractivity contribution in [2.75, 3.05) is 5.43 Å². The van der Waals surface area contributed by atoms with Crippen molar-refractivity contribution < 1.29 is 0 Å². The number of aromatic nitrogens is 3. The van der Waals surface area contributed by atoms with Gasteiger partial charge in [0, 0.05) is 18.7 Å². The van der Waals surface area contributed by atoms with Gasteiger partial charge in [0.2, 0.25) is 5.95 Å². The third-order valence-electron chi connectivity index (χ3n) is 4.19. The Morgan fingerprint density at radius 3 is 2.42 bits per heavy atom. The second kappa shape index (κ2) is 8.40. The molecule has 134 valence electrons. The molecule has 1 aromatic heterocycles. The normalized spacial score (nSPS) is 10.7. The van der Waals surface area contributed by atoms with Gasteiger partial charge in [-0.2, -0.15) is 9.97 Å². The Hall–Kier alpha value is -2.99. The quantitative estimate of drug-likeness (QED) is 0.642. The summed E-state index contributed by atoms with van der Waals surface area (Å²) in [6.45, 7) is 5.13. The van der Waals surface area contributed by atoms with Crippen molar-refractivity contribution in [3.05, 3.63) is 76.2 Å². The number of hydrazine groups is 1. The largest absolute Gasteiger partial charge is 0.352 e. The molecular formula is C20H23N5O. The van der Waals surface area contributed by atoms with Crippen LogP contribution in [0.3, 0.4) is 0 Å². The minimum atomic E-state index is -0.313. The monoisotopic (exact) mass is 349 g/mol. The molecule has 0 saturated heterocycles. The lowest BCUT2D eigenvalue weighted by atomic mass is 10.0. The van der Waals surface area contributed by atoms with Gasteiger partial charge in [-0.1, -0.05) is 61.5 Å². The molecule has 0 aliphatic carbocycles. The van der Waals surface area contributed by atoms with Crippen LogP contribution in [0.1, 0.15) is 25.0 Å². The fourth-order valence-corrected chi connectivity index (χ4v) is 2.84. The molecule has 1 heterocycles. The number of nitrogens with one attached hydrogen (secondary N) is 2. The lowest BCUT2D eigenvalue weighted by Crippen LogP contribution is -2.30. The van der Waals surface area contributed by atoms with Crippen LogP contribution in [0, 0.1) is 0 Å². The number of benzene rings is 2. The number of rotatable bonds is 7. The molecule has 2 aromatic carbocycles. The fourth-order valence-electron chi connectivity index (χ4n) is 2.84. The Labute approximate surface area is 152 Å². The second-order valence-corrected chi connectivity index (χ2v) is 5.87. The van der Waals surface area contributed by atoms with E-state index in [1.165, 1.54) is 0 Å². The lowest BCUT2D eigenvalue weighted by Gasteiger charge is -2.14. The molecule has 26 heavy (non-hydrogen) atoms. The van der Waals surface area contributed by atoms with Crippen molar-refractivity contribution in [1.29, 1.82) is 0 Å². The van der Waals surface area contributed by atoms with Crippen molar-refractivity contribution in [2.45, 2.75) is 33.4 Å². The Morgan fingerprint density at radius 2 is 1.69 bits per heavy atom. The number of nitrogens with zero attached hydrogens (tertiary/aromatic N) is 3. The third kappa shape index (κ3) is 3.97. The van der Waals surface area contributed by atoms with E-state index < -0.39 is 0 Å². The summed E-state index contributed by atoms with van der Waals surface area (Å²) in [7, 11) is 0. The average Bonchev–Trinajstić information content (AvgIpc) is 2.68. The summed E-state index contributed by atoms with van der Waals surface area (Å²) in [6, 6.07) is 18.0. The number of hydrogen-bond acceptors (Lipinski definition) is 5. The summed E-state index contributed by atoms with van der Waals surface area (Å²) in [5, 5.41) is 0. The molecule has 3 aromatic rings. The van der Waals surface area contributed by atoms with Crippen molar-refractivity contribution in [1.82, 2.24) is 20.0 Å². The molecule has 0 bridgehead atoms. The van der Waals surface area contributed by atoms with E-state index in [2.05, 4.69) is 33.8 Å². The summed E-state index contributed by atoms with van der Waals surface area (Å²) >= 11 is 0. The molecule has 0 atom stereocenters. The lowest BCUT2D eigenvalue weighted by molar-refractivity contribution is 0.678. The van der Waals surface area contributed by atoms with E-state index in [0.29, 0.717) is 18.9 Å². The Bertz CT molecular complexity index is 921. The van der Waals surface area contributed by atoms with Crippen LogP contribution in [0.4, 0.5) is 5.95 Å². The molecule has 6 nitrogen and oxygen atoms in total. The Balaban J connectivity index is 1.88. The van der Waals surface area contributed by atoms with Crippen molar-refractivity contribution in [3.63, 3.8) is 0 Å². The first-order valence-corrected chi connectivity index (χ1v) is 8.82. The predicted octanol–water partition coefficient (Wildman–Crippen LogP) is 3.00. The van der Waals surface area contributed by atoms with Gasteiger partial charge in [-0.25, -0.2) is 10.2 Å². The van der Waals surface area contributed by atoms with Gasteiger partial charge in [0.15, 0.2) is 0 Å². The molecular weight excluding hydrogens is 326 g/mol. The van der Waals surface area contributed by atoms with E-state index in [1.54, 1.807) is 4.57 Å². The van der Waals surface area contributed by atoms with Crippen molar-refractivity contribution >= 4 is 5.95 Å². The van der Waals surface area contributed by atoms with Gasteiger partial charge >= 0.3 is 5.69 Å². The SMILES string of the molecule is CCc1ccccc1-c1nc(NNCc2ccccc2)nc(=O)n1CC. The minimum Gasteiger partial charge on any atom is -0.289 e. The zero-order valence-corrected chi connectivity index (χ0v) is 15.1. The maximum absolute atomic E-state index is 12.4. The highest BCUT2D eigenvalue weighted by Gasteiger charge is 2.13. The summed E-state index contributed by atoms with van der Waals surface area (Å²) in [6.07, 6.45) is 0.868. The van der Waals surface area contributed by atoms with Gasteiger partial charge in [0.1, 0.15) is 5.82 Å². The molecule has 0 unspecified atom stereocenters. The summed E-state index contributed by atoms with van der Waals surface area (Å²) in [5.74, 6) is 0.908. The first-order valence-electron chi connectivity index (χ1n) is 8.82. The zero-order chi connectivity index (χ0) is 18.4. The molecule has 0 amide bonds. The maximum Gasteiger partial charge on any atom is 0.352 e. The molecule has 0 aliphatic heterocycles. The first-order chi connectivity index (χ1) is 12.7. The topological polar surface area (TPSA) is 71.8 Å². The summed E-state index contributed by atoms with van der Waals surface area (Å²) in [5.41, 5.74) is 8.93. The van der Waals surface area contributed by atoms with Crippen molar-refractivity contribution in [2.24, 2.45) is 0 Å². The highest BCUT2D eigenvalue weighted by Crippen LogP contribution is 2.22. The molecule has 2 N–H and O–H groups in total. The van der Waals surface area contributed by atoms with Crippen LogP contribution in [0.5, 0.6) is 0 Å². The van der Waals surface area contributed by atoms with E-state index in [1.807, 2.05) is 55.5 Å². The van der Waals surface area contributed by atoms with Crippen molar-refractivity contribution in [3.8, 4) is 11.4 Å². The Morgan fingerprint density at radius 1 is 0.962 bits per heavy atom. The molecule has 0 spiro atoms. The van der Waals surface area contributed by atoms with Gasteiger partial charge in [-0.3, -0.25) is 9.99 Å². The van der Waals surface area contributed by atoms with Crippen LogP contribution in [0.25, 0.3) is 11.4 Å². The highest BCUT2D eigenvalue weighted by molar-refractivity contribution is 5.61. The van der Waals surface area contributed by atoms with Gasteiger partial charge in [0.05, 0.1) is 0 Å². The van der Waals surface area contributed by atoms with Crippen LogP contribution in [0.15, 0.2) is 59.4 Å². The maximum atomic E-state index is 12.4. The van der Waals surface area contributed by atoms with Crippen LogP contribution < -0.4 is 16.5 Å². The molecule has 3 rings (SSSR count). The number of aryl methyl sites for hydroxylation is 1. The van der Waals surface area contributed by atoms with Crippen LogP contribution in [0.2, 0.25) is 0 Å². The van der Waals surface area contributed by atoms with Gasteiger partial charge < -0.3 is 0 Å². The average molecular weight is 349 g/mol. The molecule has 0 aliphatic rings. The van der Waals surface area contributed by atoms with Crippen LogP contribution >= 0.6 is 0 Å². The zero-order valence-electron chi connectivity index (χ0n) is 15.1. The first kappa shape index (κ1) is 17.8. The number of anilines is 1. The van der Waals surface area contributed by atoms with Gasteiger partial charge in [-0.15, -0.1) is 0 Å². The third-order valence-corrected chi connectivity index (χ3v) is 4.19. The fraction of sp³-hybridized carbons (Fsp3) is 0.250. The molecule has 0 saturated carbocycles. The Kier molecular flexibility index (Phi) is 5.76. The van der Waals surface area contributed by atoms with E-state index in [0.717, 1.165) is 23.1 Å². The van der Waals surface area contributed by atoms with E-state index >= 15 is 0 Å². The van der Waals surface area contributed by atoms with Crippen LogP contribution in [-0.2, 0) is 19.5 Å². The van der Waals surface area contributed by atoms with E-state index in [-0.39, 0.29) is 11.6 Å². The second-order valence-electron chi connectivity index (χ2n) is 5.87. The van der Waals surface area contributed by atoms with E-state index in [9.17, 15) is 4.79 Å². The summed E-state index contributed by atoms with van der Waals surface area (Å²) < 4.78 is 1.59. The minimum absolute atomic E-state index is 0.275. The number of hydrogen-bond donors (Lipinski definition) is 2. The highest BCUT2D eigenvalue weighted by atomic mass is 16.1. The molecule has 6 heteroatoms. The van der Waals surface area contributed by atoms with Gasteiger partial charge in [-0.05, 0) is 24.5 Å². The summed E-state index contributed by atoms with van der Waals surface area (Å²) in [4.78, 5) is 21.1. The molecule has 0 fully saturated rings. The van der Waals surface area contributed by atoms with E-state index in [4.69, 9.17) is 0 Å². The van der Waals surface area contributed by atoms with Crippen LogP contribution in [-0.4, -0.2) is 14.5 Å². The van der Waals surface area contributed by atoms with Gasteiger partial charge in [0.25, 0.3) is 0 Å². The molecule has 0 radical (unpaired) electrons. The standard InChI is InChI=1S/C20H23N5O/c1-3-16-12-8-9-13-17(16)18-22-19(23-20(26)25(18)4-2)24-21-14-15-10-6-5-7-11-15/h5-13,21H,3-4,14H2,1-2H3,(H,23,24,26). The smallest absolute Gasteiger partial charge is 0.289 e. The predicted molar refractivity (Wildman–Crippen MR) is 104 cm³/mol.